The van der Waals surface area contributed by atoms with Gasteiger partial charge in [0.05, 0.1) is 19.3 Å². The number of fused-ring (bicyclic) bond motifs is 1. The Morgan fingerprint density at radius 2 is 1.49 bits per heavy atom. The Hall–Kier alpha value is -3.49. The lowest BCUT2D eigenvalue weighted by atomic mass is 10.0. The standard InChI is InChI=1S/C32H35ClN3O6P/c1-2-42-43(40,41)18-15-23-7-14-29-27(19-23)21-35(32(39)26-10-12-28(33)13-11-26)22-30(37)36(29)20-24-5-8-25(9-6-24)31(38)34-16-3-4-17-34/h5-14,19H,2-4,15-18,20-22H2,1H3,(H,40,41). The number of anilines is 1. The minimum Gasteiger partial charge on any atom is -0.339 e. The van der Waals surface area contributed by atoms with Gasteiger partial charge in [0.2, 0.25) is 5.91 Å². The van der Waals surface area contributed by atoms with Gasteiger partial charge in [-0.25, -0.2) is 0 Å². The maximum atomic E-state index is 13.7. The van der Waals surface area contributed by atoms with Crippen molar-refractivity contribution in [1.29, 1.82) is 0 Å². The molecule has 1 unspecified atom stereocenters. The summed E-state index contributed by atoms with van der Waals surface area (Å²) in [6.07, 6.45) is 2.29. The van der Waals surface area contributed by atoms with Crippen molar-refractivity contribution in [2.45, 2.75) is 39.3 Å². The van der Waals surface area contributed by atoms with Gasteiger partial charge in [-0.2, -0.15) is 0 Å². The summed E-state index contributed by atoms with van der Waals surface area (Å²) in [6.45, 7) is 3.66. The van der Waals surface area contributed by atoms with Crippen LogP contribution in [0.4, 0.5) is 5.69 Å². The Morgan fingerprint density at radius 1 is 0.884 bits per heavy atom. The third-order valence-corrected chi connectivity index (χ3v) is 9.45. The van der Waals surface area contributed by atoms with Crippen LogP contribution in [0, 0.1) is 0 Å². The Balaban J connectivity index is 1.42. The number of hydrogen-bond donors (Lipinski definition) is 1. The Morgan fingerprint density at radius 3 is 2.14 bits per heavy atom. The number of benzene rings is 3. The molecule has 0 bridgehead atoms. The van der Waals surface area contributed by atoms with E-state index in [1.165, 1.54) is 4.90 Å². The third kappa shape index (κ3) is 7.54. The predicted molar refractivity (Wildman–Crippen MR) is 165 cm³/mol. The van der Waals surface area contributed by atoms with Gasteiger partial charge in [-0.3, -0.25) is 18.9 Å². The lowest BCUT2D eigenvalue weighted by molar-refractivity contribution is -0.119. The fraction of sp³-hybridized carbons (Fsp3) is 0.344. The average Bonchev–Trinajstić information content (AvgIpc) is 3.50. The molecular weight excluding hydrogens is 589 g/mol. The fourth-order valence-electron chi connectivity index (χ4n) is 5.50. The van der Waals surface area contributed by atoms with Gasteiger partial charge in [0.1, 0.15) is 6.54 Å². The monoisotopic (exact) mass is 623 g/mol. The smallest absolute Gasteiger partial charge is 0.328 e. The van der Waals surface area contributed by atoms with E-state index in [1.807, 2.05) is 35.2 Å². The third-order valence-electron chi connectivity index (χ3n) is 7.75. The molecule has 43 heavy (non-hydrogen) atoms. The molecule has 0 saturated carbocycles. The number of amides is 3. The first-order valence-corrected chi connectivity index (χ1v) is 16.6. The topological polar surface area (TPSA) is 107 Å². The largest absolute Gasteiger partial charge is 0.339 e. The minimum atomic E-state index is -3.72. The van der Waals surface area contributed by atoms with E-state index in [0.29, 0.717) is 28.3 Å². The maximum Gasteiger partial charge on any atom is 0.328 e. The van der Waals surface area contributed by atoms with Gasteiger partial charge in [0, 0.05) is 41.5 Å². The van der Waals surface area contributed by atoms with Gasteiger partial charge in [0.15, 0.2) is 0 Å². The van der Waals surface area contributed by atoms with E-state index in [0.717, 1.165) is 42.6 Å². The molecule has 11 heteroatoms. The number of hydrogen-bond acceptors (Lipinski definition) is 5. The van der Waals surface area contributed by atoms with E-state index in [9.17, 15) is 23.8 Å². The van der Waals surface area contributed by atoms with E-state index in [-0.39, 0.29) is 50.1 Å². The highest BCUT2D eigenvalue weighted by Crippen LogP contribution is 2.42. The van der Waals surface area contributed by atoms with Crippen molar-refractivity contribution in [1.82, 2.24) is 9.80 Å². The first-order chi connectivity index (χ1) is 20.6. The molecule has 1 N–H and O–H groups in total. The number of nitrogens with zero attached hydrogens (tertiary/aromatic N) is 3. The Bertz CT molecular complexity index is 1540. The highest BCUT2D eigenvalue weighted by Gasteiger charge is 2.30. The van der Waals surface area contributed by atoms with Crippen molar-refractivity contribution in [3.05, 3.63) is 99.6 Å². The van der Waals surface area contributed by atoms with Crippen LogP contribution in [0.5, 0.6) is 0 Å². The summed E-state index contributed by atoms with van der Waals surface area (Å²) >= 11 is 6.02. The van der Waals surface area contributed by atoms with Crippen molar-refractivity contribution >= 4 is 42.6 Å². The van der Waals surface area contributed by atoms with Crippen LogP contribution in [0.15, 0.2) is 66.7 Å². The summed E-state index contributed by atoms with van der Waals surface area (Å²) < 4.78 is 17.3. The lowest BCUT2D eigenvalue weighted by Crippen LogP contribution is -2.39. The summed E-state index contributed by atoms with van der Waals surface area (Å²) in [5.41, 5.74) is 4.08. The van der Waals surface area contributed by atoms with Crippen LogP contribution in [-0.4, -0.2) is 64.8 Å². The molecule has 2 aliphatic heterocycles. The van der Waals surface area contributed by atoms with Gasteiger partial charge in [-0.15, -0.1) is 0 Å². The fourth-order valence-corrected chi connectivity index (χ4v) is 6.69. The van der Waals surface area contributed by atoms with Crippen LogP contribution in [0.2, 0.25) is 5.02 Å². The summed E-state index contributed by atoms with van der Waals surface area (Å²) in [5.74, 6) is -0.535. The molecule has 9 nitrogen and oxygen atoms in total. The number of aryl methyl sites for hydroxylation is 1. The second-order valence-corrected chi connectivity index (χ2v) is 13.3. The Labute approximate surface area is 256 Å². The van der Waals surface area contributed by atoms with Crippen LogP contribution < -0.4 is 4.90 Å². The first-order valence-electron chi connectivity index (χ1n) is 14.4. The molecule has 226 valence electrons. The van der Waals surface area contributed by atoms with Crippen LogP contribution >= 0.6 is 19.2 Å². The molecule has 0 radical (unpaired) electrons. The zero-order valence-corrected chi connectivity index (χ0v) is 25.7. The zero-order valence-electron chi connectivity index (χ0n) is 24.1. The molecule has 1 saturated heterocycles. The van der Waals surface area contributed by atoms with Crippen LogP contribution in [0.1, 0.15) is 57.2 Å². The van der Waals surface area contributed by atoms with Crippen LogP contribution in [0.25, 0.3) is 0 Å². The first kappa shape index (κ1) is 31.0. The van der Waals surface area contributed by atoms with E-state index in [2.05, 4.69) is 0 Å². The van der Waals surface area contributed by atoms with Crippen LogP contribution in [0.3, 0.4) is 0 Å². The molecular formula is C32H35ClN3O6P. The van der Waals surface area contributed by atoms with E-state index < -0.39 is 7.60 Å². The normalized spacial score (nSPS) is 16.5. The van der Waals surface area contributed by atoms with Crippen molar-refractivity contribution in [3.63, 3.8) is 0 Å². The number of carbonyl (C=O) groups excluding carboxylic acids is 3. The molecule has 1 fully saturated rings. The molecule has 3 aromatic rings. The number of likely N-dealkylation sites (tertiary alicyclic amines) is 1. The lowest BCUT2D eigenvalue weighted by Gasteiger charge is -2.24. The van der Waals surface area contributed by atoms with Gasteiger partial charge in [0.25, 0.3) is 11.8 Å². The SMILES string of the molecule is CCOP(=O)(O)CCc1ccc2c(c1)CN(C(=O)c1ccc(Cl)cc1)CC(=O)N2Cc1ccc(C(=O)N2CCCC2)cc1. The molecule has 2 heterocycles. The number of halogens is 1. The van der Waals surface area contributed by atoms with E-state index in [1.54, 1.807) is 48.2 Å². The number of rotatable bonds is 9. The molecule has 1 atom stereocenters. The van der Waals surface area contributed by atoms with Crippen molar-refractivity contribution < 1.29 is 28.4 Å². The average molecular weight is 624 g/mol. The van der Waals surface area contributed by atoms with Crippen molar-refractivity contribution in [2.75, 3.05) is 37.3 Å². The van der Waals surface area contributed by atoms with Crippen molar-refractivity contribution in [3.8, 4) is 0 Å². The maximum absolute atomic E-state index is 13.7. The predicted octanol–water partition coefficient (Wildman–Crippen LogP) is 5.53. The highest BCUT2D eigenvalue weighted by molar-refractivity contribution is 7.52. The van der Waals surface area contributed by atoms with Gasteiger partial charge >= 0.3 is 7.60 Å². The summed E-state index contributed by atoms with van der Waals surface area (Å²) in [7, 11) is -3.72. The second kappa shape index (κ2) is 13.4. The molecule has 5 rings (SSSR count). The molecule has 3 aromatic carbocycles. The summed E-state index contributed by atoms with van der Waals surface area (Å²) in [6, 6.07) is 19.4. The minimum absolute atomic E-state index is 0.0147. The quantitative estimate of drug-likeness (QED) is 0.314. The molecule has 0 aromatic heterocycles. The highest BCUT2D eigenvalue weighted by atomic mass is 35.5. The van der Waals surface area contributed by atoms with Gasteiger partial charge in [-0.05, 0) is 85.3 Å². The molecule has 0 aliphatic carbocycles. The van der Waals surface area contributed by atoms with Gasteiger partial charge < -0.3 is 24.1 Å². The number of carbonyl (C=O) groups is 3. The van der Waals surface area contributed by atoms with Gasteiger partial charge in [-0.1, -0.05) is 35.9 Å². The zero-order chi connectivity index (χ0) is 30.6. The molecule has 3 amide bonds. The summed E-state index contributed by atoms with van der Waals surface area (Å²) in [5, 5.41) is 0.506. The second-order valence-electron chi connectivity index (χ2n) is 10.8. The van der Waals surface area contributed by atoms with Crippen molar-refractivity contribution in [2.24, 2.45) is 0 Å². The van der Waals surface area contributed by atoms with Crippen LogP contribution in [-0.2, 0) is 33.4 Å². The van der Waals surface area contributed by atoms with E-state index >= 15 is 0 Å². The molecule has 2 aliphatic rings. The summed E-state index contributed by atoms with van der Waals surface area (Å²) in [4.78, 5) is 55.1. The van der Waals surface area contributed by atoms with E-state index in [4.69, 9.17) is 16.1 Å². The molecule has 0 spiro atoms. The Kier molecular flexibility index (Phi) is 9.67.